The van der Waals surface area contributed by atoms with Crippen molar-refractivity contribution in [1.29, 1.82) is 0 Å². The predicted octanol–water partition coefficient (Wildman–Crippen LogP) is 10.2. The number of aliphatic hydroxyl groups is 1. The lowest BCUT2D eigenvalue weighted by atomic mass is 9.91. The third-order valence-electron chi connectivity index (χ3n) is 16.4. The first-order chi connectivity index (χ1) is 34.1. The van der Waals surface area contributed by atoms with Gasteiger partial charge in [0.1, 0.15) is 13.2 Å². The number of carbonyl (C=O) groups excluding carboxylic acids is 2. The summed E-state index contributed by atoms with van der Waals surface area (Å²) < 4.78 is 22.9. The average Bonchev–Trinajstić information content (AvgIpc) is 4.25. The van der Waals surface area contributed by atoms with Crippen LogP contribution in [0.2, 0.25) is 0 Å². The van der Waals surface area contributed by atoms with Gasteiger partial charge in [0.25, 0.3) is 0 Å². The van der Waals surface area contributed by atoms with Crippen LogP contribution in [0.3, 0.4) is 0 Å². The quantitative estimate of drug-likeness (QED) is 0.127. The van der Waals surface area contributed by atoms with Crippen molar-refractivity contribution in [3.63, 3.8) is 0 Å². The first-order valence-electron chi connectivity index (χ1n) is 25.7. The number of amides is 2. The third kappa shape index (κ3) is 12.5. The number of methoxy groups -OCH3 is 2. The van der Waals surface area contributed by atoms with Crippen LogP contribution in [0.5, 0.6) is 0 Å². The van der Waals surface area contributed by atoms with E-state index in [0.717, 1.165) is 74.6 Å². The van der Waals surface area contributed by atoms with E-state index in [9.17, 15) is 14.7 Å². The number of nitrogens with zero attached hydrogens (tertiary/aromatic N) is 2. The van der Waals surface area contributed by atoms with E-state index < -0.39 is 5.60 Å². The summed E-state index contributed by atoms with van der Waals surface area (Å²) in [5.74, 6) is 3.40. The Balaban J connectivity index is 0.000000134. The zero-order valence-corrected chi connectivity index (χ0v) is 41.2. The Morgan fingerprint density at radius 2 is 0.757 bits per heavy atom. The molecule has 0 radical (unpaired) electrons. The molecule has 0 aromatic heterocycles. The van der Waals surface area contributed by atoms with Crippen molar-refractivity contribution in [2.24, 2.45) is 35.5 Å². The summed E-state index contributed by atoms with van der Waals surface area (Å²) in [6.45, 7) is 5.95. The molecule has 10 heteroatoms. The molecule has 0 spiro atoms. The number of nitrogens with one attached hydrogen (secondary N) is 1. The minimum Gasteiger partial charge on any atom is -0.445 e. The summed E-state index contributed by atoms with van der Waals surface area (Å²) in [4.78, 5) is 28.5. The fourth-order valence-electron chi connectivity index (χ4n) is 12.9. The van der Waals surface area contributed by atoms with Gasteiger partial charge in [-0.15, -0.1) is 0 Å². The van der Waals surface area contributed by atoms with Crippen LogP contribution < -0.4 is 5.32 Å². The minimum absolute atomic E-state index is 0.0960. The monoisotopic (exact) mass is 948 g/mol. The van der Waals surface area contributed by atoms with Crippen molar-refractivity contribution in [1.82, 2.24) is 15.1 Å². The molecule has 10 nitrogen and oxygen atoms in total. The number of ether oxygens (including phenoxy) is 4. The molecule has 5 aromatic rings. The topological polar surface area (TPSA) is 110 Å². The maximum atomic E-state index is 12.4. The van der Waals surface area contributed by atoms with Crippen molar-refractivity contribution < 1.29 is 33.6 Å². The van der Waals surface area contributed by atoms with E-state index in [4.69, 9.17) is 18.9 Å². The molecule has 5 aromatic carbocycles. The van der Waals surface area contributed by atoms with Gasteiger partial charge in [0.2, 0.25) is 0 Å². The molecule has 370 valence electrons. The van der Waals surface area contributed by atoms with E-state index in [2.05, 4.69) is 72.0 Å². The van der Waals surface area contributed by atoms with Gasteiger partial charge in [-0.25, -0.2) is 9.59 Å². The molecule has 9 atom stereocenters. The molecule has 0 bridgehead atoms. The second-order valence-electron chi connectivity index (χ2n) is 21.3. The van der Waals surface area contributed by atoms with Crippen LogP contribution in [0.15, 0.2) is 152 Å². The molecule has 3 aliphatic carbocycles. The molecular formula is C60H73N3O7. The summed E-state index contributed by atoms with van der Waals surface area (Å²) in [7, 11) is 3.72. The van der Waals surface area contributed by atoms with Crippen LogP contribution >= 0.6 is 0 Å². The largest absolute Gasteiger partial charge is 0.445 e. The van der Waals surface area contributed by atoms with Crippen LogP contribution in [-0.4, -0.2) is 97.4 Å². The molecule has 2 amide bonds. The maximum absolute atomic E-state index is 12.4. The number of fused-ring (bicyclic) bond motifs is 3. The van der Waals surface area contributed by atoms with E-state index in [1.807, 2.05) is 104 Å². The number of likely N-dealkylation sites (tertiary alicyclic amines) is 2. The Kier molecular flexibility index (Phi) is 16.0. The summed E-state index contributed by atoms with van der Waals surface area (Å²) in [5.41, 5.74) is 5.27. The number of hydrogen-bond donors (Lipinski definition) is 2. The van der Waals surface area contributed by atoms with Crippen molar-refractivity contribution in [3.05, 3.63) is 179 Å². The highest BCUT2D eigenvalue weighted by atomic mass is 16.6. The van der Waals surface area contributed by atoms with E-state index in [1.54, 1.807) is 4.90 Å². The highest BCUT2D eigenvalue weighted by molar-refractivity contribution is 5.68. The zero-order chi connectivity index (χ0) is 48.4. The minimum atomic E-state index is -0.642. The second kappa shape index (κ2) is 22.7. The summed E-state index contributed by atoms with van der Waals surface area (Å²) in [5, 5.41) is 14.5. The SMILES string of the molecule is COC1(Cc2ccccc2)C[C@H]2CN(C(=O)OCc3ccccc3)C[C@H]2C1.COC1(Cc2ccccc2)C[C@H]2CNC[C@H]2C1.O=C(OCc1ccccc1)N1C[C@@H]2CC(O)(Cc3ccccc3)C[C@@H]2C1. The van der Waals surface area contributed by atoms with Crippen molar-refractivity contribution in [3.8, 4) is 0 Å². The lowest BCUT2D eigenvalue weighted by Gasteiger charge is -2.30. The van der Waals surface area contributed by atoms with Crippen molar-refractivity contribution in [2.45, 2.75) is 87.8 Å². The van der Waals surface area contributed by atoms with Crippen LogP contribution in [-0.2, 0) is 51.4 Å². The Morgan fingerprint density at radius 3 is 1.10 bits per heavy atom. The number of hydrogen-bond acceptors (Lipinski definition) is 8. The lowest BCUT2D eigenvalue weighted by Crippen LogP contribution is -2.36. The van der Waals surface area contributed by atoms with Crippen LogP contribution in [0.4, 0.5) is 9.59 Å². The summed E-state index contributed by atoms with van der Waals surface area (Å²) >= 11 is 0. The third-order valence-corrected chi connectivity index (χ3v) is 16.4. The first kappa shape index (κ1) is 49.5. The van der Waals surface area contributed by atoms with E-state index in [-0.39, 0.29) is 23.4 Å². The van der Waals surface area contributed by atoms with E-state index in [0.29, 0.717) is 56.4 Å². The van der Waals surface area contributed by atoms with Gasteiger partial charge < -0.3 is 39.2 Å². The molecule has 70 heavy (non-hydrogen) atoms. The molecule has 3 saturated heterocycles. The van der Waals surface area contributed by atoms with E-state index >= 15 is 0 Å². The summed E-state index contributed by atoms with van der Waals surface area (Å²) in [6, 6.07) is 51.0. The van der Waals surface area contributed by atoms with Crippen molar-refractivity contribution in [2.75, 3.05) is 53.5 Å². The fraction of sp³-hybridized carbons (Fsp3) is 0.467. The molecule has 3 aliphatic heterocycles. The van der Waals surface area contributed by atoms with Crippen LogP contribution in [0, 0.1) is 35.5 Å². The molecule has 11 rings (SSSR count). The van der Waals surface area contributed by atoms with Crippen LogP contribution in [0.25, 0.3) is 0 Å². The standard InChI is InChI=1S/C23H27NO3.C22H25NO3.C15H21NO/c1-26-23(12-18-8-4-2-5-9-18)13-20-15-24(16-21(20)14-23)22(25)27-17-19-10-6-3-7-11-19;24-21(26-16-18-9-5-2-6-10-18)23-14-19-12-22(25,13-20(19)15-23)11-17-7-3-1-4-8-17;1-17-15(7-12-5-3-2-4-6-12)8-13-10-16-11-14(13)9-15/h2-11,20-21H,12-17H2,1H3;1-10,19-20,25H,11-16H2;2-6,13-14,16H,7-11H2,1H3/t20-,21+,23?;19-,20+,22?;13-,14+,15?. The molecule has 6 aliphatic rings. The van der Waals surface area contributed by atoms with Gasteiger partial charge in [0.15, 0.2) is 0 Å². The zero-order valence-electron chi connectivity index (χ0n) is 41.2. The molecular weight excluding hydrogens is 875 g/mol. The Labute approximate surface area is 415 Å². The van der Waals surface area contributed by atoms with Gasteiger partial charge in [-0.2, -0.15) is 0 Å². The predicted molar refractivity (Wildman–Crippen MR) is 273 cm³/mol. The molecule has 2 N–H and O–H groups in total. The van der Waals surface area contributed by atoms with Crippen molar-refractivity contribution >= 4 is 12.2 Å². The Morgan fingerprint density at radius 1 is 0.457 bits per heavy atom. The molecule has 3 heterocycles. The van der Waals surface area contributed by atoms with Gasteiger partial charge in [-0.3, -0.25) is 0 Å². The van der Waals surface area contributed by atoms with Gasteiger partial charge in [-0.05, 0) is 115 Å². The highest BCUT2D eigenvalue weighted by Crippen LogP contribution is 2.48. The lowest BCUT2D eigenvalue weighted by molar-refractivity contribution is -0.0133. The Hall–Kier alpha value is -5.52. The smallest absolute Gasteiger partial charge is 0.410 e. The molecule has 6 fully saturated rings. The van der Waals surface area contributed by atoms with Gasteiger partial charge in [-0.1, -0.05) is 152 Å². The van der Waals surface area contributed by atoms with Gasteiger partial charge in [0, 0.05) is 59.7 Å². The number of benzene rings is 5. The molecule has 3 unspecified atom stereocenters. The average molecular weight is 948 g/mol. The maximum Gasteiger partial charge on any atom is 0.410 e. The number of carbonyl (C=O) groups is 2. The van der Waals surface area contributed by atoms with Gasteiger partial charge in [0.05, 0.1) is 16.8 Å². The normalized spacial score (nSPS) is 29.2. The Bertz CT molecular complexity index is 2370. The second-order valence-corrected chi connectivity index (χ2v) is 21.3. The highest BCUT2D eigenvalue weighted by Gasteiger charge is 2.52. The molecule has 3 saturated carbocycles. The number of rotatable bonds is 12. The summed E-state index contributed by atoms with van der Waals surface area (Å²) in [6.07, 6.45) is 8.23. The first-order valence-corrected chi connectivity index (χ1v) is 25.7. The van der Waals surface area contributed by atoms with E-state index in [1.165, 1.54) is 42.6 Å². The fourth-order valence-corrected chi connectivity index (χ4v) is 12.9. The van der Waals surface area contributed by atoms with Gasteiger partial charge >= 0.3 is 12.2 Å². The van der Waals surface area contributed by atoms with Crippen LogP contribution in [0.1, 0.15) is 66.3 Å².